The summed E-state index contributed by atoms with van der Waals surface area (Å²) in [6, 6.07) is 11.5. The van der Waals surface area contributed by atoms with E-state index < -0.39 is 0 Å². The maximum Gasteiger partial charge on any atom is 0.131 e. The predicted molar refractivity (Wildman–Crippen MR) is 92.7 cm³/mol. The maximum absolute atomic E-state index is 6.00. The first-order chi connectivity index (χ1) is 9.94. The van der Waals surface area contributed by atoms with Crippen LogP contribution in [0.4, 0.5) is 0 Å². The van der Waals surface area contributed by atoms with Gasteiger partial charge >= 0.3 is 0 Å². The summed E-state index contributed by atoms with van der Waals surface area (Å²) in [4.78, 5) is 0. The van der Waals surface area contributed by atoms with E-state index in [1.54, 1.807) is 18.2 Å². The Balaban J connectivity index is 2.25. The van der Waals surface area contributed by atoms with Gasteiger partial charge in [0, 0.05) is 32.7 Å². The first-order valence-corrected chi connectivity index (χ1v) is 8.14. The third-order valence-electron chi connectivity index (χ3n) is 2.79. The lowest BCUT2D eigenvalue weighted by molar-refractivity contribution is 0.469. The van der Waals surface area contributed by atoms with Crippen LogP contribution in [0.3, 0.4) is 0 Å². The van der Waals surface area contributed by atoms with E-state index in [4.69, 9.17) is 27.9 Å². The van der Waals surface area contributed by atoms with E-state index in [1.807, 2.05) is 18.2 Å². The first kappa shape index (κ1) is 16.6. The first-order valence-electron chi connectivity index (χ1n) is 6.60. The van der Waals surface area contributed by atoms with Gasteiger partial charge in [-0.25, -0.2) is 0 Å². The molecule has 0 spiro atoms. The monoisotopic (exact) mass is 387 g/mol. The van der Waals surface area contributed by atoms with Crippen molar-refractivity contribution in [1.82, 2.24) is 5.32 Å². The highest BCUT2D eigenvalue weighted by Gasteiger charge is 2.08. The fraction of sp³-hybridized carbons (Fsp3) is 0.250. The third-order valence-corrected chi connectivity index (χ3v) is 3.72. The Morgan fingerprint density at radius 1 is 1.10 bits per heavy atom. The predicted octanol–water partition coefficient (Wildman–Crippen LogP) is 6.05. The summed E-state index contributed by atoms with van der Waals surface area (Å²) in [5.74, 6) is 1.41. The molecule has 0 bridgehead atoms. The van der Waals surface area contributed by atoms with Gasteiger partial charge in [0.15, 0.2) is 0 Å². The Kier molecular flexibility index (Phi) is 5.94. The second-order valence-electron chi connectivity index (χ2n) is 4.99. The van der Waals surface area contributed by atoms with Crippen molar-refractivity contribution in [3.8, 4) is 11.5 Å². The molecular formula is C16H16BrCl2NO. The van der Waals surface area contributed by atoms with Crippen molar-refractivity contribution in [1.29, 1.82) is 0 Å². The summed E-state index contributed by atoms with van der Waals surface area (Å²) >= 11 is 15.5. The van der Waals surface area contributed by atoms with Crippen molar-refractivity contribution < 1.29 is 4.74 Å². The molecule has 2 nitrogen and oxygen atoms in total. The number of halogens is 3. The Bertz CT molecular complexity index is 611. The number of nitrogens with one attached hydrogen (secondary N) is 1. The molecule has 2 rings (SSSR count). The van der Waals surface area contributed by atoms with Gasteiger partial charge in [0.05, 0.1) is 0 Å². The normalized spacial score (nSPS) is 11.0. The van der Waals surface area contributed by atoms with Crippen LogP contribution in [0.25, 0.3) is 0 Å². The minimum absolute atomic E-state index is 0.400. The highest BCUT2D eigenvalue weighted by Crippen LogP contribution is 2.31. The van der Waals surface area contributed by atoms with Crippen LogP contribution >= 0.6 is 39.1 Å². The lowest BCUT2D eigenvalue weighted by Crippen LogP contribution is -2.22. The van der Waals surface area contributed by atoms with E-state index in [2.05, 4.69) is 35.1 Å². The van der Waals surface area contributed by atoms with Crippen LogP contribution in [0, 0.1) is 0 Å². The second kappa shape index (κ2) is 7.50. The average Bonchev–Trinajstić information content (AvgIpc) is 2.37. The molecule has 0 amide bonds. The van der Waals surface area contributed by atoms with Crippen molar-refractivity contribution in [2.45, 2.75) is 26.4 Å². The van der Waals surface area contributed by atoms with Crippen LogP contribution in [-0.2, 0) is 6.54 Å². The molecule has 0 aliphatic heterocycles. The Labute approximate surface area is 143 Å². The van der Waals surface area contributed by atoms with E-state index >= 15 is 0 Å². The molecule has 1 N–H and O–H groups in total. The molecule has 0 radical (unpaired) electrons. The van der Waals surface area contributed by atoms with Crippen molar-refractivity contribution in [3.63, 3.8) is 0 Å². The average molecular weight is 389 g/mol. The fourth-order valence-corrected chi connectivity index (χ4v) is 2.73. The lowest BCUT2D eigenvalue weighted by atomic mass is 10.2. The molecule has 21 heavy (non-hydrogen) atoms. The van der Waals surface area contributed by atoms with Gasteiger partial charge in [0.2, 0.25) is 0 Å². The van der Waals surface area contributed by atoms with Crippen molar-refractivity contribution in [3.05, 3.63) is 56.5 Å². The van der Waals surface area contributed by atoms with Gasteiger partial charge in [-0.2, -0.15) is 0 Å². The smallest absolute Gasteiger partial charge is 0.131 e. The van der Waals surface area contributed by atoms with Crippen LogP contribution in [0.15, 0.2) is 40.9 Å². The summed E-state index contributed by atoms with van der Waals surface area (Å²) in [7, 11) is 0. The molecular weight excluding hydrogens is 373 g/mol. The van der Waals surface area contributed by atoms with E-state index in [-0.39, 0.29) is 0 Å². The van der Waals surface area contributed by atoms with Crippen LogP contribution in [-0.4, -0.2) is 6.04 Å². The molecule has 0 saturated heterocycles. The van der Waals surface area contributed by atoms with Gasteiger partial charge in [-0.15, -0.1) is 0 Å². The number of rotatable bonds is 5. The molecule has 5 heteroatoms. The molecule has 0 aromatic heterocycles. The van der Waals surface area contributed by atoms with Gasteiger partial charge < -0.3 is 10.1 Å². The summed E-state index contributed by atoms with van der Waals surface area (Å²) in [5, 5.41) is 4.49. The highest BCUT2D eigenvalue weighted by atomic mass is 79.9. The fourth-order valence-electron chi connectivity index (χ4n) is 1.81. The van der Waals surface area contributed by atoms with E-state index in [0.717, 1.165) is 22.3 Å². The zero-order valence-corrected chi connectivity index (χ0v) is 14.9. The topological polar surface area (TPSA) is 21.3 Å². The van der Waals surface area contributed by atoms with Crippen LogP contribution in [0.1, 0.15) is 19.4 Å². The highest BCUT2D eigenvalue weighted by molar-refractivity contribution is 9.10. The van der Waals surface area contributed by atoms with Crippen LogP contribution in [0.5, 0.6) is 11.5 Å². The molecule has 0 fully saturated rings. The number of benzene rings is 2. The van der Waals surface area contributed by atoms with Gasteiger partial charge in [-0.3, -0.25) is 0 Å². The molecule has 0 saturated carbocycles. The van der Waals surface area contributed by atoms with E-state index in [0.29, 0.717) is 21.8 Å². The molecule has 0 atom stereocenters. The summed E-state index contributed by atoms with van der Waals surface area (Å²) < 4.78 is 6.94. The summed E-state index contributed by atoms with van der Waals surface area (Å²) in [6.45, 7) is 4.94. The maximum atomic E-state index is 6.00. The molecule has 2 aromatic rings. The minimum atomic E-state index is 0.400. The Morgan fingerprint density at radius 3 is 2.38 bits per heavy atom. The SMILES string of the molecule is CC(C)NCc1cc(Br)ccc1Oc1cc(Cl)cc(Cl)c1. The molecule has 0 heterocycles. The van der Waals surface area contributed by atoms with E-state index in [1.165, 1.54) is 0 Å². The third kappa shape index (κ3) is 5.19. The zero-order chi connectivity index (χ0) is 15.4. The van der Waals surface area contributed by atoms with Crippen molar-refractivity contribution >= 4 is 39.1 Å². The van der Waals surface area contributed by atoms with Gasteiger partial charge in [0.1, 0.15) is 11.5 Å². The standard InChI is InChI=1S/C16H16BrCl2NO/c1-10(2)20-9-11-5-12(17)3-4-16(11)21-15-7-13(18)6-14(19)8-15/h3-8,10,20H,9H2,1-2H3. The Hall–Kier alpha value is -0.740. The van der Waals surface area contributed by atoms with Gasteiger partial charge in [-0.05, 0) is 36.4 Å². The number of hydrogen-bond donors (Lipinski definition) is 1. The van der Waals surface area contributed by atoms with Gasteiger partial charge in [0.25, 0.3) is 0 Å². The second-order valence-corrected chi connectivity index (χ2v) is 6.78. The molecule has 0 aliphatic rings. The molecule has 0 unspecified atom stereocenters. The van der Waals surface area contributed by atoms with Crippen molar-refractivity contribution in [2.75, 3.05) is 0 Å². The van der Waals surface area contributed by atoms with Gasteiger partial charge in [-0.1, -0.05) is 53.0 Å². The molecule has 112 valence electrons. The van der Waals surface area contributed by atoms with E-state index in [9.17, 15) is 0 Å². The zero-order valence-electron chi connectivity index (χ0n) is 11.8. The molecule has 0 aliphatic carbocycles. The largest absolute Gasteiger partial charge is 0.457 e. The number of hydrogen-bond acceptors (Lipinski definition) is 2. The Morgan fingerprint density at radius 2 is 1.76 bits per heavy atom. The quantitative estimate of drug-likeness (QED) is 0.673. The van der Waals surface area contributed by atoms with Crippen LogP contribution < -0.4 is 10.1 Å². The lowest BCUT2D eigenvalue weighted by Gasteiger charge is -2.14. The summed E-state index contributed by atoms with van der Waals surface area (Å²) in [6.07, 6.45) is 0. The molecule has 2 aromatic carbocycles. The summed E-state index contributed by atoms with van der Waals surface area (Å²) in [5.41, 5.74) is 1.06. The van der Waals surface area contributed by atoms with Crippen molar-refractivity contribution in [2.24, 2.45) is 0 Å². The minimum Gasteiger partial charge on any atom is -0.457 e. The van der Waals surface area contributed by atoms with Crippen LogP contribution in [0.2, 0.25) is 10.0 Å². The number of ether oxygens (including phenoxy) is 1.